The van der Waals surface area contributed by atoms with Gasteiger partial charge in [0.1, 0.15) is 0 Å². The van der Waals surface area contributed by atoms with Gasteiger partial charge in [-0.05, 0) is 43.9 Å². The van der Waals surface area contributed by atoms with Crippen LogP contribution in [0.4, 0.5) is 0 Å². The maximum Gasteiger partial charge on any atom is 0.163 e. The van der Waals surface area contributed by atoms with Crippen LogP contribution >= 0.6 is 11.6 Å². The summed E-state index contributed by atoms with van der Waals surface area (Å²) in [6.07, 6.45) is 6.70. The fraction of sp³-hybridized carbons (Fsp3) is 0.400. The molecule has 0 aliphatic rings. The highest BCUT2D eigenvalue weighted by Gasteiger charge is 2.09. The van der Waals surface area contributed by atoms with E-state index >= 15 is 0 Å². The van der Waals surface area contributed by atoms with Gasteiger partial charge in [-0.1, -0.05) is 30.2 Å². The topological polar surface area (TPSA) is 17.1 Å². The molecule has 0 aromatic heterocycles. The van der Waals surface area contributed by atoms with E-state index in [4.69, 9.17) is 11.6 Å². The highest BCUT2D eigenvalue weighted by molar-refractivity contribution is 6.31. The summed E-state index contributed by atoms with van der Waals surface area (Å²) in [5.74, 6) is 0.198. The van der Waals surface area contributed by atoms with Gasteiger partial charge in [-0.3, -0.25) is 4.79 Å². The van der Waals surface area contributed by atoms with Gasteiger partial charge < -0.3 is 0 Å². The van der Waals surface area contributed by atoms with Crippen molar-refractivity contribution in [2.24, 2.45) is 0 Å². The molecule has 0 atom stereocenters. The quantitative estimate of drug-likeness (QED) is 0.379. The molecule has 0 unspecified atom stereocenters. The first kappa shape index (κ1) is 14.0. The second-order valence-corrected chi connectivity index (χ2v) is 4.71. The lowest BCUT2D eigenvalue weighted by molar-refractivity contribution is 0.0978. The number of hydrogen-bond donors (Lipinski definition) is 0. The van der Waals surface area contributed by atoms with Crippen LogP contribution in [0.15, 0.2) is 30.9 Å². The van der Waals surface area contributed by atoms with Gasteiger partial charge in [0.15, 0.2) is 5.78 Å². The third-order valence-corrected chi connectivity index (χ3v) is 3.05. The molecule has 0 aliphatic heterocycles. The van der Waals surface area contributed by atoms with Crippen molar-refractivity contribution in [3.05, 3.63) is 47.0 Å². The fourth-order valence-corrected chi connectivity index (χ4v) is 1.95. The number of benzene rings is 1. The van der Waals surface area contributed by atoms with Crippen molar-refractivity contribution in [1.29, 1.82) is 0 Å². The molecule has 0 heterocycles. The van der Waals surface area contributed by atoms with E-state index in [1.54, 1.807) is 6.07 Å². The van der Waals surface area contributed by atoms with Crippen LogP contribution in [-0.4, -0.2) is 5.78 Å². The van der Waals surface area contributed by atoms with Crippen molar-refractivity contribution in [2.75, 3.05) is 0 Å². The van der Waals surface area contributed by atoms with E-state index in [2.05, 4.69) is 6.58 Å². The minimum Gasteiger partial charge on any atom is -0.294 e. The molecule has 0 amide bonds. The number of Topliss-reactive ketones (excluding diaryl/α,β-unsaturated/α-hetero) is 1. The summed E-state index contributed by atoms with van der Waals surface area (Å²) in [5, 5.41) is 0.630. The molecule has 0 N–H and O–H groups in total. The number of ketones is 1. The second kappa shape index (κ2) is 7.29. The van der Waals surface area contributed by atoms with E-state index in [1.165, 1.54) is 0 Å². The molecule has 92 valence electrons. The Morgan fingerprint density at radius 3 is 2.82 bits per heavy atom. The third kappa shape index (κ3) is 4.74. The number of unbranched alkanes of at least 4 members (excludes halogenated alkanes) is 3. The Bertz CT molecular complexity index is 396. The van der Waals surface area contributed by atoms with Gasteiger partial charge in [0.25, 0.3) is 0 Å². The van der Waals surface area contributed by atoms with E-state index in [-0.39, 0.29) is 5.78 Å². The van der Waals surface area contributed by atoms with Crippen molar-refractivity contribution < 1.29 is 4.79 Å². The number of aryl methyl sites for hydroxylation is 1. The number of allylic oxidation sites excluding steroid dienone is 1. The molecule has 0 saturated heterocycles. The van der Waals surface area contributed by atoms with Crippen LogP contribution in [0.5, 0.6) is 0 Å². The summed E-state index contributed by atoms with van der Waals surface area (Å²) in [4.78, 5) is 12.0. The van der Waals surface area contributed by atoms with Crippen LogP contribution in [0.2, 0.25) is 5.02 Å². The van der Waals surface area contributed by atoms with Crippen molar-refractivity contribution in [1.82, 2.24) is 0 Å². The van der Waals surface area contributed by atoms with E-state index in [0.717, 1.165) is 36.8 Å². The summed E-state index contributed by atoms with van der Waals surface area (Å²) in [6.45, 7) is 5.63. The molecule has 0 saturated carbocycles. The fourth-order valence-electron chi connectivity index (χ4n) is 1.78. The lowest BCUT2D eigenvalue weighted by atomic mass is 10.0. The number of carbonyl (C=O) groups excluding carboxylic acids is 1. The molecule has 1 nitrogen and oxygen atoms in total. The monoisotopic (exact) mass is 250 g/mol. The van der Waals surface area contributed by atoms with Gasteiger partial charge in [0.2, 0.25) is 0 Å². The van der Waals surface area contributed by atoms with Crippen LogP contribution in [0.3, 0.4) is 0 Å². The molecule has 0 radical (unpaired) electrons. The molecular formula is C15H19ClO. The van der Waals surface area contributed by atoms with Crippen molar-refractivity contribution in [3.8, 4) is 0 Å². The van der Waals surface area contributed by atoms with Crippen LogP contribution in [-0.2, 0) is 0 Å². The van der Waals surface area contributed by atoms with Crippen LogP contribution in [0.1, 0.15) is 48.0 Å². The highest BCUT2D eigenvalue weighted by atomic mass is 35.5. The Morgan fingerprint density at radius 1 is 1.35 bits per heavy atom. The number of carbonyl (C=O) groups is 1. The van der Waals surface area contributed by atoms with E-state index in [9.17, 15) is 4.79 Å². The predicted octanol–water partition coefficient (Wildman–Crippen LogP) is 4.97. The average Bonchev–Trinajstić information content (AvgIpc) is 2.32. The zero-order valence-corrected chi connectivity index (χ0v) is 11.1. The predicted molar refractivity (Wildman–Crippen MR) is 73.8 cm³/mol. The molecule has 0 bridgehead atoms. The Labute approximate surface area is 108 Å². The van der Waals surface area contributed by atoms with Gasteiger partial charge in [0, 0.05) is 17.0 Å². The first-order valence-electron chi connectivity index (χ1n) is 6.05. The van der Waals surface area contributed by atoms with Crippen LogP contribution in [0, 0.1) is 6.92 Å². The summed E-state index contributed by atoms with van der Waals surface area (Å²) in [7, 11) is 0. The summed E-state index contributed by atoms with van der Waals surface area (Å²) in [5.41, 5.74) is 1.77. The molecule has 1 aromatic rings. The van der Waals surface area contributed by atoms with Crippen molar-refractivity contribution in [2.45, 2.75) is 39.0 Å². The molecular weight excluding hydrogens is 232 g/mol. The first-order valence-corrected chi connectivity index (χ1v) is 6.43. The van der Waals surface area contributed by atoms with Gasteiger partial charge in [-0.25, -0.2) is 0 Å². The number of rotatable bonds is 7. The molecule has 1 rings (SSSR count). The zero-order chi connectivity index (χ0) is 12.7. The summed E-state index contributed by atoms with van der Waals surface area (Å²) in [6, 6.07) is 5.48. The summed E-state index contributed by atoms with van der Waals surface area (Å²) < 4.78 is 0. The Hall–Kier alpha value is -1.08. The van der Waals surface area contributed by atoms with Gasteiger partial charge in [-0.15, -0.1) is 6.58 Å². The Morgan fingerprint density at radius 2 is 2.12 bits per heavy atom. The lowest BCUT2D eigenvalue weighted by Crippen LogP contribution is -2.01. The van der Waals surface area contributed by atoms with E-state index in [1.807, 2.05) is 25.1 Å². The maximum absolute atomic E-state index is 12.0. The molecule has 0 spiro atoms. The van der Waals surface area contributed by atoms with Crippen LogP contribution < -0.4 is 0 Å². The maximum atomic E-state index is 12.0. The SMILES string of the molecule is C=CCCCCCC(=O)c1cc(Cl)ccc1C. The lowest BCUT2D eigenvalue weighted by Gasteiger charge is -2.05. The largest absolute Gasteiger partial charge is 0.294 e. The number of halogens is 1. The minimum atomic E-state index is 0.198. The zero-order valence-electron chi connectivity index (χ0n) is 10.3. The first-order chi connectivity index (χ1) is 8.15. The second-order valence-electron chi connectivity index (χ2n) is 4.27. The summed E-state index contributed by atoms with van der Waals surface area (Å²) >= 11 is 5.90. The molecule has 17 heavy (non-hydrogen) atoms. The van der Waals surface area contributed by atoms with Crippen molar-refractivity contribution in [3.63, 3.8) is 0 Å². The number of hydrogen-bond acceptors (Lipinski definition) is 1. The van der Waals surface area contributed by atoms with Gasteiger partial charge in [-0.2, -0.15) is 0 Å². The van der Waals surface area contributed by atoms with Gasteiger partial charge >= 0.3 is 0 Å². The Kier molecular flexibility index (Phi) is 5.99. The highest BCUT2D eigenvalue weighted by Crippen LogP contribution is 2.18. The van der Waals surface area contributed by atoms with Crippen molar-refractivity contribution >= 4 is 17.4 Å². The average molecular weight is 251 g/mol. The molecule has 0 aliphatic carbocycles. The standard InChI is InChI=1S/C15H19ClO/c1-3-4-5-6-7-8-15(17)14-11-13(16)10-9-12(14)2/h3,9-11H,1,4-8H2,2H3. The van der Waals surface area contributed by atoms with E-state index in [0.29, 0.717) is 11.4 Å². The normalized spacial score (nSPS) is 10.2. The van der Waals surface area contributed by atoms with Gasteiger partial charge in [0.05, 0.1) is 0 Å². The van der Waals surface area contributed by atoms with Crippen LogP contribution in [0.25, 0.3) is 0 Å². The minimum absolute atomic E-state index is 0.198. The smallest absolute Gasteiger partial charge is 0.163 e. The third-order valence-electron chi connectivity index (χ3n) is 2.81. The molecule has 2 heteroatoms. The Balaban J connectivity index is 2.46. The molecule has 0 fully saturated rings. The van der Waals surface area contributed by atoms with E-state index < -0.39 is 0 Å². The molecule has 1 aromatic carbocycles.